The van der Waals surface area contributed by atoms with E-state index in [-0.39, 0.29) is 24.6 Å². The van der Waals surface area contributed by atoms with Crippen LogP contribution in [0.3, 0.4) is 0 Å². The van der Waals surface area contributed by atoms with E-state index in [9.17, 15) is 4.79 Å². The molecule has 1 atom stereocenters. The van der Waals surface area contributed by atoms with Gasteiger partial charge in [-0.1, -0.05) is 11.8 Å². The smallest absolute Gasteiger partial charge is 0.319 e. The summed E-state index contributed by atoms with van der Waals surface area (Å²) in [5.41, 5.74) is 1.30. The van der Waals surface area contributed by atoms with Gasteiger partial charge >= 0.3 is 6.01 Å². The zero-order chi connectivity index (χ0) is 23.6. The van der Waals surface area contributed by atoms with Crippen LogP contribution in [0.25, 0.3) is 6.08 Å². The summed E-state index contributed by atoms with van der Waals surface area (Å²) in [5.74, 6) is 0.608. The van der Waals surface area contributed by atoms with Crippen LogP contribution in [-0.4, -0.2) is 90.7 Å². The second-order valence-corrected chi connectivity index (χ2v) is 7.63. The highest BCUT2D eigenvalue weighted by atomic mass is 32.2. The number of carbonyl (C=O) groups excluding carboxylic acids is 1. The number of carbonyl (C=O) groups is 1. The van der Waals surface area contributed by atoms with Gasteiger partial charge in [0.1, 0.15) is 12.7 Å². The summed E-state index contributed by atoms with van der Waals surface area (Å²) in [6.45, 7) is 1.91. The van der Waals surface area contributed by atoms with Crippen molar-refractivity contribution in [2.45, 2.75) is 17.9 Å². The Morgan fingerprint density at radius 1 is 1.27 bits per heavy atom. The molecule has 1 fully saturated rings. The zero-order valence-corrected chi connectivity index (χ0v) is 19.8. The Morgan fingerprint density at radius 3 is 2.85 bits per heavy atom. The standard InChI is InChI=1S/C21H27N5O6S/c1-28-12-15-9-17(24-21(23-15)33-4)32-13-16-11-26(7-8-31-16)18(27)6-5-14-10-22-20(30-3)25-19(14)29-2/h5-6,9-10,16H,7-8,11-13H2,1-4H3. The first-order valence-electron chi connectivity index (χ1n) is 10.1. The van der Waals surface area contributed by atoms with Crippen molar-refractivity contribution < 1.29 is 28.5 Å². The summed E-state index contributed by atoms with van der Waals surface area (Å²) in [6, 6.07) is 1.93. The lowest BCUT2D eigenvalue weighted by Gasteiger charge is -2.32. The van der Waals surface area contributed by atoms with E-state index in [0.717, 1.165) is 5.69 Å². The monoisotopic (exact) mass is 477 g/mol. The molecular formula is C21H27N5O6S. The zero-order valence-electron chi connectivity index (χ0n) is 19.0. The lowest BCUT2D eigenvalue weighted by molar-refractivity contribution is -0.134. The molecule has 12 heteroatoms. The Morgan fingerprint density at radius 2 is 2.12 bits per heavy atom. The van der Waals surface area contributed by atoms with Crippen molar-refractivity contribution in [3.05, 3.63) is 29.6 Å². The van der Waals surface area contributed by atoms with Gasteiger partial charge in [-0.2, -0.15) is 9.97 Å². The van der Waals surface area contributed by atoms with E-state index >= 15 is 0 Å². The van der Waals surface area contributed by atoms with Crippen molar-refractivity contribution in [2.75, 3.05) is 53.9 Å². The van der Waals surface area contributed by atoms with Crippen molar-refractivity contribution >= 4 is 23.7 Å². The van der Waals surface area contributed by atoms with Crippen molar-refractivity contribution in [1.29, 1.82) is 0 Å². The highest BCUT2D eigenvalue weighted by Crippen LogP contribution is 2.20. The molecule has 1 unspecified atom stereocenters. The summed E-state index contributed by atoms with van der Waals surface area (Å²) in [7, 11) is 4.57. The molecule has 0 aromatic carbocycles. The number of aromatic nitrogens is 4. The van der Waals surface area contributed by atoms with Crippen LogP contribution in [0, 0.1) is 0 Å². The first-order chi connectivity index (χ1) is 16.1. The number of ether oxygens (including phenoxy) is 5. The van der Waals surface area contributed by atoms with Crippen LogP contribution >= 0.6 is 11.8 Å². The van der Waals surface area contributed by atoms with Gasteiger partial charge in [0.05, 0.1) is 45.2 Å². The molecule has 2 aromatic heterocycles. The van der Waals surface area contributed by atoms with E-state index in [0.29, 0.717) is 48.8 Å². The van der Waals surface area contributed by atoms with Gasteiger partial charge in [-0.05, 0) is 12.3 Å². The molecule has 1 saturated heterocycles. The number of hydrogen-bond acceptors (Lipinski definition) is 11. The highest BCUT2D eigenvalue weighted by molar-refractivity contribution is 7.98. The minimum Gasteiger partial charge on any atom is -0.480 e. The molecule has 0 bridgehead atoms. The summed E-state index contributed by atoms with van der Waals surface area (Å²) < 4.78 is 27.0. The summed E-state index contributed by atoms with van der Waals surface area (Å²) in [6.07, 6.45) is 6.22. The first-order valence-corrected chi connectivity index (χ1v) is 11.4. The van der Waals surface area contributed by atoms with E-state index in [2.05, 4.69) is 19.9 Å². The maximum absolute atomic E-state index is 12.7. The SMILES string of the molecule is COCc1cc(OCC2CN(C(=O)C=Cc3cnc(OC)nc3OC)CCO2)nc(SC)n1. The fourth-order valence-corrected chi connectivity index (χ4v) is 3.43. The van der Waals surface area contributed by atoms with Gasteiger partial charge in [-0.3, -0.25) is 4.79 Å². The van der Waals surface area contributed by atoms with Gasteiger partial charge in [0.2, 0.25) is 17.7 Å². The molecule has 3 rings (SSSR count). The number of amides is 1. The highest BCUT2D eigenvalue weighted by Gasteiger charge is 2.24. The van der Waals surface area contributed by atoms with E-state index in [4.69, 9.17) is 23.7 Å². The van der Waals surface area contributed by atoms with Crippen molar-refractivity contribution in [1.82, 2.24) is 24.8 Å². The van der Waals surface area contributed by atoms with E-state index in [1.54, 1.807) is 24.2 Å². The van der Waals surface area contributed by atoms with Crippen LogP contribution in [0.15, 0.2) is 23.5 Å². The summed E-state index contributed by atoms with van der Waals surface area (Å²) in [5, 5.41) is 0.601. The van der Waals surface area contributed by atoms with Crippen LogP contribution in [0.5, 0.6) is 17.8 Å². The molecule has 2 aromatic rings. The molecule has 33 heavy (non-hydrogen) atoms. The van der Waals surface area contributed by atoms with Crippen molar-refractivity contribution in [3.8, 4) is 17.8 Å². The molecule has 0 radical (unpaired) electrons. The Hall–Kier alpha value is -2.96. The third-order valence-corrected chi connectivity index (χ3v) is 5.16. The van der Waals surface area contributed by atoms with Gasteiger partial charge < -0.3 is 28.6 Å². The van der Waals surface area contributed by atoms with Crippen LogP contribution in [0.2, 0.25) is 0 Å². The lowest BCUT2D eigenvalue weighted by Crippen LogP contribution is -2.47. The first kappa shape index (κ1) is 24.7. The number of morpholine rings is 1. The number of nitrogens with zero attached hydrogens (tertiary/aromatic N) is 5. The van der Waals surface area contributed by atoms with Crippen LogP contribution in [0.1, 0.15) is 11.3 Å². The summed E-state index contributed by atoms with van der Waals surface area (Å²) in [4.78, 5) is 31.3. The predicted octanol–water partition coefficient (Wildman–Crippen LogP) is 1.47. The average Bonchev–Trinajstić information content (AvgIpc) is 2.86. The van der Waals surface area contributed by atoms with Gasteiger partial charge in [0.15, 0.2) is 5.16 Å². The molecule has 0 aliphatic carbocycles. The predicted molar refractivity (Wildman–Crippen MR) is 121 cm³/mol. The Balaban J connectivity index is 1.58. The molecule has 0 N–H and O–H groups in total. The molecule has 178 valence electrons. The fourth-order valence-electron chi connectivity index (χ4n) is 3.04. The molecule has 1 amide bonds. The Kier molecular flexibility index (Phi) is 9.22. The molecule has 11 nitrogen and oxygen atoms in total. The number of methoxy groups -OCH3 is 3. The number of thioether (sulfide) groups is 1. The lowest BCUT2D eigenvalue weighted by atomic mass is 10.2. The van der Waals surface area contributed by atoms with Gasteiger partial charge in [0, 0.05) is 32.0 Å². The van der Waals surface area contributed by atoms with Gasteiger partial charge in [0.25, 0.3) is 0 Å². The molecule has 0 spiro atoms. The third kappa shape index (κ3) is 7.01. The van der Waals surface area contributed by atoms with Crippen molar-refractivity contribution in [2.24, 2.45) is 0 Å². The minimum atomic E-state index is -0.284. The van der Waals surface area contributed by atoms with Crippen LogP contribution in [0.4, 0.5) is 0 Å². The summed E-state index contributed by atoms with van der Waals surface area (Å²) >= 11 is 1.42. The minimum absolute atomic E-state index is 0.157. The Bertz CT molecular complexity index is 976. The quantitative estimate of drug-likeness (QED) is 0.281. The van der Waals surface area contributed by atoms with Gasteiger partial charge in [-0.15, -0.1) is 0 Å². The van der Waals surface area contributed by atoms with E-state index in [1.165, 1.54) is 38.3 Å². The van der Waals surface area contributed by atoms with E-state index in [1.807, 2.05) is 6.26 Å². The van der Waals surface area contributed by atoms with E-state index < -0.39 is 0 Å². The second kappa shape index (κ2) is 12.3. The topological polar surface area (TPSA) is 118 Å². The maximum Gasteiger partial charge on any atom is 0.319 e. The molecule has 1 aliphatic heterocycles. The molecule has 0 saturated carbocycles. The Labute approximate surface area is 196 Å². The normalized spacial score (nSPS) is 16.1. The van der Waals surface area contributed by atoms with Crippen molar-refractivity contribution in [3.63, 3.8) is 0 Å². The number of hydrogen-bond donors (Lipinski definition) is 0. The number of rotatable bonds is 10. The second-order valence-electron chi connectivity index (χ2n) is 6.86. The molecule has 1 aliphatic rings. The molecular weight excluding hydrogens is 450 g/mol. The molecule has 3 heterocycles. The maximum atomic E-state index is 12.7. The van der Waals surface area contributed by atoms with Crippen LogP contribution in [-0.2, 0) is 20.9 Å². The largest absolute Gasteiger partial charge is 0.480 e. The third-order valence-electron chi connectivity index (χ3n) is 4.62. The average molecular weight is 478 g/mol. The fraction of sp³-hybridized carbons (Fsp3) is 0.476. The van der Waals surface area contributed by atoms with Crippen LogP contribution < -0.4 is 14.2 Å². The van der Waals surface area contributed by atoms with Gasteiger partial charge in [-0.25, -0.2) is 9.97 Å².